The Labute approximate surface area is 149 Å². The molecule has 3 rings (SSSR count). The van der Waals surface area contributed by atoms with Gasteiger partial charge in [0.1, 0.15) is 0 Å². The van der Waals surface area contributed by atoms with Crippen molar-refractivity contribution >= 4 is 28.7 Å². The van der Waals surface area contributed by atoms with Crippen LogP contribution >= 0.6 is 11.6 Å². The highest BCUT2D eigenvalue weighted by Gasteiger charge is 2.13. The van der Waals surface area contributed by atoms with E-state index in [0.29, 0.717) is 0 Å². The normalized spacial score (nSPS) is 10.7. The number of nitrogens with zero attached hydrogens (tertiary/aromatic N) is 1. The summed E-state index contributed by atoms with van der Waals surface area (Å²) in [7, 11) is 0. The summed E-state index contributed by atoms with van der Waals surface area (Å²) in [6.07, 6.45) is 0. The lowest BCUT2D eigenvalue weighted by Gasteiger charge is -2.26. The van der Waals surface area contributed by atoms with Gasteiger partial charge in [0, 0.05) is 22.1 Å². The van der Waals surface area contributed by atoms with Gasteiger partial charge in [0.2, 0.25) is 0 Å². The Hall–Kier alpha value is -2.25. The molecule has 3 aromatic carbocycles. The maximum Gasteiger partial charge on any atom is 0.0464 e. The fourth-order valence-corrected chi connectivity index (χ4v) is 2.89. The third-order valence-electron chi connectivity index (χ3n) is 4.58. The van der Waals surface area contributed by atoms with Crippen molar-refractivity contribution < 1.29 is 0 Å². The molecule has 0 bridgehead atoms. The van der Waals surface area contributed by atoms with Gasteiger partial charge in [-0.2, -0.15) is 0 Å². The third-order valence-corrected chi connectivity index (χ3v) is 4.83. The average molecular weight is 336 g/mol. The van der Waals surface area contributed by atoms with Crippen LogP contribution in [0, 0.1) is 27.7 Å². The molecule has 24 heavy (non-hydrogen) atoms. The van der Waals surface area contributed by atoms with Gasteiger partial charge < -0.3 is 4.90 Å². The molecule has 2 heteroatoms. The second kappa shape index (κ2) is 6.70. The summed E-state index contributed by atoms with van der Waals surface area (Å²) in [5, 5.41) is 0.749. The van der Waals surface area contributed by atoms with Crippen LogP contribution in [0.1, 0.15) is 22.3 Å². The number of hydrogen-bond acceptors (Lipinski definition) is 1. The molecule has 0 radical (unpaired) electrons. The van der Waals surface area contributed by atoms with Crippen molar-refractivity contribution in [1.29, 1.82) is 0 Å². The van der Waals surface area contributed by atoms with Crippen LogP contribution in [-0.2, 0) is 0 Å². The lowest BCUT2D eigenvalue weighted by Crippen LogP contribution is -2.10. The van der Waals surface area contributed by atoms with Crippen LogP contribution in [0.5, 0.6) is 0 Å². The van der Waals surface area contributed by atoms with Crippen LogP contribution in [0.4, 0.5) is 17.1 Å². The molecule has 3 aromatic rings. The molecule has 0 atom stereocenters. The standard InChI is InChI=1S/C22H22ClN/c1-15-5-9-21(13-17(15)3)24(20-11-7-19(23)8-12-20)22-10-6-16(2)18(4)14-22/h5-14H,1-4H3. The maximum atomic E-state index is 6.08. The topological polar surface area (TPSA) is 3.24 Å². The van der Waals surface area contributed by atoms with Gasteiger partial charge in [0.25, 0.3) is 0 Å². The van der Waals surface area contributed by atoms with Crippen molar-refractivity contribution in [2.45, 2.75) is 27.7 Å². The summed E-state index contributed by atoms with van der Waals surface area (Å²) in [6, 6.07) is 21.2. The third kappa shape index (κ3) is 3.32. The minimum Gasteiger partial charge on any atom is -0.310 e. The highest BCUT2D eigenvalue weighted by molar-refractivity contribution is 6.30. The molecule has 0 unspecified atom stereocenters. The molecule has 0 heterocycles. The van der Waals surface area contributed by atoms with E-state index >= 15 is 0 Å². The molecule has 0 aromatic heterocycles. The average Bonchev–Trinajstić information content (AvgIpc) is 2.56. The Bertz CT molecular complexity index is 814. The Morgan fingerprint density at radius 3 is 1.38 bits per heavy atom. The van der Waals surface area contributed by atoms with Crippen LogP contribution in [0.25, 0.3) is 0 Å². The summed E-state index contributed by atoms with van der Waals surface area (Å²) in [5.41, 5.74) is 8.59. The number of rotatable bonds is 3. The molecule has 0 spiro atoms. The van der Waals surface area contributed by atoms with Gasteiger partial charge in [-0.25, -0.2) is 0 Å². The van der Waals surface area contributed by atoms with Crippen LogP contribution in [0.15, 0.2) is 60.7 Å². The first-order chi connectivity index (χ1) is 11.5. The van der Waals surface area contributed by atoms with Gasteiger partial charge in [-0.1, -0.05) is 23.7 Å². The quantitative estimate of drug-likeness (QED) is 0.496. The maximum absolute atomic E-state index is 6.08. The monoisotopic (exact) mass is 335 g/mol. The minimum absolute atomic E-state index is 0.749. The molecule has 0 saturated carbocycles. The van der Waals surface area contributed by atoms with Crippen LogP contribution in [0.2, 0.25) is 5.02 Å². The number of aryl methyl sites for hydroxylation is 4. The molecule has 0 aliphatic rings. The van der Waals surface area contributed by atoms with Gasteiger partial charge >= 0.3 is 0 Å². The number of benzene rings is 3. The summed E-state index contributed by atoms with van der Waals surface area (Å²) in [4.78, 5) is 2.27. The smallest absolute Gasteiger partial charge is 0.0464 e. The van der Waals surface area contributed by atoms with E-state index in [1.165, 1.54) is 22.3 Å². The number of hydrogen-bond donors (Lipinski definition) is 0. The summed E-state index contributed by atoms with van der Waals surface area (Å²) in [5.74, 6) is 0. The highest BCUT2D eigenvalue weighted by Crippen LogP contribution is 2.36. The second-order valence-corrected chi connectivity index (χ2v) is 6.79. The van der Waals surface area contributed by atoms with Gasteiger partial charge in [-0.15, -0.1) is 0 Å². The van der Waals surface area contributed by atoms with Gasteiger partial charge in [0.15, 0.2) is 0 Å². The minimum atomic E-state index is 0.749. The van der Waals surface area contributed by atoms with E-state index in [0.717, 1.165) is 22.1 Å². The van der Waals surface area contributed by atoms with Gasteiger partial charge in [-0.05, 0) is 98.5 Å². The van der Waals surface area contributed by atoms with Crippen molar-refractivity contribution in [3.63, 3.8) is 0 Å². The van der Waals surface area contributed by atoms with E-state index in [4.69, 9.17) is 11.6 Å². The first kappa shape index (κ1) is 16.6. The Morgan fingerprint density at radius 1 is 0.542 bits per heavy atom. The zero-order chi connectivity index (χ0) is 17.3. The van der Waals surface area contributed by atoms with E-state index in [1.54, 1.807) is 0 Å². The number of anilines is 3. The fourth-order valence-electron chi connectivity index (χ4n) is 2.77. The van der Waals surface area contributed by atoms with E-state index in [2.05, 4.69) is 81.1 Å². The highest BCUT2D eigenvalue weighted by atomic mass is 35.5. The van der Waals surface area contributed by atoms with Crippen molar-refractivity contribution in [2.24, 2.45) is 0 Å². The molecule has 1 nitrogen and oxygen atoms in total. The summed E-state index contributed by atoms with van der Waals surface area (Å²) >= 11 is 6.08. The molecule has 0 saturated heterocycles. The summed E-state index contributed by atoms with van der Waals surface area (Å²) < 4.78 is 0. The first-order valence-electron chi connectivity index (χ1n) is 8.16. The largest absolute Gasteiger partial charge is 0.310 e. The van der Waals surface area contributed by atoms with Gasteiger partial charge in [-0.3, -0.25) is 0 Å². The van der Waals surface area contributed by atoms with Crippen molar-refractivity contribution in [1.82, 2.24) is 0 Å². The molecule has 122 valence electrons. The van der Waals surface area contributed by atoms with Gasteiger partial charge in [0.05, 0.1) is 0 Å². The van der Waals surface area contributed by atoms with Crippen LogP contribution in [0.3, 0.4) is 0 Å². The summed E-state index contributed by atoms with van der Waals surface area (Å²) in [6.45, 7) is 8.59. The SMILES string of the molecule is Cc1ccc(N(c2ccc(Cl)cc2)c2ccc(C)c(C)c2)cc1C. The number of halogens is 1. The van der Waals surface area contributed by atoms with Crippen LogP contribution < -0.4 is 4.90 Å². The van der Waals surface area contributed by atoms with E-state index in [-0.39, 0.29) is 0 Å². The van der Waals surface area contributed by atoms with Crippen molar-refractivity contribution in [2.75, 3.05) is 4.90 Å². The first-order valence-corrected chi connectivity index (χ1v) is 8.54. The predicted octanol–water partition coefficient (Wildman–Crippen LogP) is 7.04. The van der Waals surface area contributed by atoms with Crippen LogP contribution in [-0.4, -0.2) is 0 Å². The molecule has 0 aliphatic heterocycles. The molecule has 0 aliphatic carbocycles. The zero-order valence-electron chi connectivity index (χ0n) is 14.6. The van der Waals surface area contributed by atoms with Crippen molar-refractivity contribution in [3.05, 3.63) is 87.9 Å². The molecular formula is C22H22ClN. The Morgan fingerprint density at radius 2 is 0.958 bits per heavy atom. The zero-order valence-corrected chi connectivity index (χ0v) is 15.4. The molecule has 0 fully saturated rings. The van der Waals surface area contributed by atoms with E-state index < -0.39 is 0 Å². The fraction of sp³-hybridized carbons (Fsp3) is 0.182. The molecule has 0 amide bonds. The van der Waals surface area contributed by atoms with E-state index in [1.807, 2.05) is 12.1 Å². The lowest BCUT2D eigenvalue weighted by atomic mass is 10.1. The Balaban J connectivity index is 2.17. The Kier molecular flexibility index (Phi) is 4.64. The predicted molar refractivity (Wildman–Crippen MR) is 105 cm³/mol. The van der Waals surface area contributed by atoms with Crippen molar-refractivity contribution in [3.8, 4) is 0 Å². The molecular weight excluding hydrogens is 314 g/mol. The van der Waals surface area contributed by atoms with E-state index in [9.17, 15) is 0 Å². The molecule has 0 N–H and O–H groups in total. The lowest BCUT2D eigenvalue weighted by molar-refractivity contribution is 1.23. The second-order valence-electron chi connectivity index (χ2n) is 6.35.